The van der Waals surface area contributed by atoms with Crippen LogP contribution in [-0.2, 0) is 20.7 Å². The number of nitrogens with two attached hydrogens (primary N) is 1. The minimum Gasteiger partial charge on any atom is -0.381 e. The normalized spacial score (nSPS) is 28.9. The lowest BCUT2D eigenvalue weighted by atomic mass is 9.61. The summed E-state index contributed by atoms with van der Waals surface area (Å²) >= 11 is 0. The van der Waals surface area contributed by atoms with Crippen molar-refractivity contribution >= 4 is 11.9 Å². The van der Waals surface area contributed by atoms with E-state index in [0.29, 0.717) is 37.8 Å². The van der Waals surface area contributed by atoms with Crippen LogP contribution in [0.15, 0.2) is 18.2 Å². The van der Waals surface area contributed by atoms with Crippen molar-refractivity contribution in [3.8, 4) is 6.07 Å². The van der Waals surface area contributed by atoms with Crippen molar-refractivity contribution in [3.05, 3.63) is 34.9 Å². The predicted molar refractivity (Wildman–Crippen MR) is 130 cm³/mol. The van der Waals surface area contributed by atoms with Gasteiger partial charge in [0.25, 0.3) is 0 Å². The second-order valence-electron chi connectivity index (χ2n) is 10.3. The molecule has 1 amide bonds. The maximum atomic E-state index is 14.3. The van der Waals surface area contributed by atoms with Crippen LogP contribution in [0.3, 0.4) is 0 Å². The Kier molecular flexibility index (Phi) is 7.59. The Labute approximate surface area is 203 Å². The fourth-order valence-electron chi connectivity index (χ4n) is 6.63. The number of carbonyl (C=O) groups is 1. The number of guanidine groups is 1. The zero-order valence-corrected chi connectivity index (χ0v) is 20.5. The number of nitrogens with zero attached hydrogens (tertiary/aromatic N) is 2. The van der Waals surface area contributed by atoms with Crippen molar-refractivity contribution in [2.45, 2.75) is 70.8 Å². The summed E-state index contributed by atoms with van der Waals surface area (Å²) < 4.78 is 11.6. The molecule has 1 aromatic rings. The van der Waals surface area contributed by atoms with E-state index in [1.807, 2.05) is 25.1 Å². The molecule has 0 aromatic heterocycles. The van der Waals surface area contributed by atoms with E-state index in [9.17, 15) is 10.1 Å². The third kappa shape index (κ3) is 4.71. The molecule has 2 aliphatic carbocycles. The van der Waals surface area contributed by atoms with E-state index in [0.717, 1.165) is 56.1 Å². The van der Waals surface area contributed by atoms with Gasteiger partial charge < -0.3 is 15.2 Å². The molecule has 0 bridgehead atoms. The number of amides is 1. The summed E-state index contributed by atoms with van der Waals surface area (Å²) in [6.45, 7) is 6.77. The lowest BCUT2D eigenvalue weighted by molar-refractivity contribution is -0.135. The minimum absolute atomic E-state index is 0.0856. The molecule has 1 saturated carbocycles. The summed E-state index contributed by atoms with van der Waals surface area (Å²) in [6, 6.07) is 8.02. The number of fused-ring (bicyclic) bond motifs is 1. The fraction of sp³-hybridized carbons (Fsp3) is 0.667. The highest BCUT2D eigenvalue weighted by atomic mass is 16.5. The number of ether oxygens (including phenoxy) is 2. The third-order valence-electron chi connectivity index (χ3n) is 8.35. The van der Waals surface area contributed by atoms with Crippen LogP contribution < -0.4 is 5.73 Å². The molecule has 7 heteroatoms. The van der Waals surface area contributed by atoms with Gasteiger partial charge in [-0.3, -0.25) is 15.1 Å². The number of nitriles is 1. The highest BCUT2D eigenvalue weighted by Crippen LogP contribution is 2.58. The summed E-state index contributed by atoms with van der Waals surface area (Å²) in [6.07, 6.45) is 6.52. The van der Waals surface area contributed by atoms with Crippen molar-refractivity contribution in [1.82, 2.24) is 4.90 Å². The molecule has 3 N–H and O–H groups in total. The van der Waals surface area contributed by atoms with Crippen LogP contribution in [0.1, 0.15) is 75.0 Å². The molecule has 7 nitrogen and oxygen atoms in total. The van der Waals surface area contributed by atoms with Crippen LogP contribution >= 0.6 is 0 Å². The molecule has 4 rings (SSSR count). The molecule has 184 valence electrons. The van der Waals surface area contributed by atoms with E-state index in [4.69, 9.17) is 20.6 Å². The summed E-state index contributed by atoms with van der Waals surface area (Å²) in [5.41, 5.74) is 8.46. The lowest BCUT2D eigenvalue weighted by Gasteiger charge is -2.46. The highest BCUT2D eigenvalue weighted by molar-refractivity contribution is 5.99. The van der Waals surface area contributed by atoms with E-state index in [1.54, 1.807) is 0 Å². The van der Waals surface area contributed by atoms with Gasteiger partial charge in [0.15, 0.2) is 5.96 Å². The van der Waals surface area contributed by atoms with Crippen LogP contribution in [0.25, 0.3) is 0 Å². The molecular formula is C27H38N4O3. The molecule has 0 radical (unpaired) electrons. The first-order valence-corrected chi connectivity index (χ1v) is 12.8. The fourth-order valence-corrected chi connectivity index (χ4v) is 6.63. The molecule has 1 aromatic carbocycles. The first-order chi connectivity index (χ1) is 16.4. The largest absolute Gasteiger partial charge is 0.381 e. The quantitative estimate of drug-likeness (QED) is 0.487. The summed E-state index contributed by atoms with van der Waals surface area (Å²) in [5.74, 6) is -0.00347. The zero-order chi connectivity index (χ0) is 24.3. The Morgan fingerprint density at radius 1 is 1.32 bits per heavy atom. The van der Waals surface area contributed by atoms with Gasteiger partial charge in [-0.05, 0) is 86.0 Å². The molecule has 4 atom stereocenters. The summed E-state index contributed by atoms with van der Waals surface area (Å²) in [4.78, 5) is 15.8. The predicted octanol–water partition coefficient (Wildman–Crippen LogP) is 3.95. The topological polar surface area (TPSA) is 112 Å². The molecule has 1 aliphatic heterocycles. The van der Waals surface area contributed by atoms with Crippen LogP contribution in [0.4, 0.5) is 0 Å². The van der Waals surface area contributed by atoms with Gasteiger partial charge in [-0.2, -0.15) is 5.26 Å². The van der Waals surface area contributed by atoms with E-state index < -0.39 is 5.92 Å². The van der Waals surface area contributed by atoms with E-state index >= 15 is 0 Å². The van der Waals surface area contributed by atoms with Crippen LogP contribution in [0.2, 0.25) is 0 Å². The minimum atomic E-state index is -0.392. The molecule has 4 unspecified atom stereocenters. The van der Waals surface area contributed by atoms with E-state index in [-0.39, 0.29) is 29.3 Å². The Balaban J connectivity index is 1.70. The standard InChI is InChI=1S/C27H38N4O3/c1-3-20-14-27(10-7-23(20)34-4-2)15-21-6-5-19(16-28)13-22(21)24(27)25(32)31(26(29)30)17-18-8-11-33-12-9-18/h5-6,13,18,20,23-24H,3-4,7-12,14-15,17H2,1-2H3,(H3,29,30). The van der Waals surface area contributed by atoms with Gasteiger partial charge in [0.05, 0.1) is 23.7 Å². The number of hydrogen-bond donors (Lipinski definition) is 2. The number of nitrogens with one attached hydrogen (secondary N) is 1. The SMILES string of the molecule is CCOC1CCC2(Cc3ccc(C#N)cc3C2C(=O)N(CC2CCOCC2)C(=N)N)CC1CC. The maximum absolute atomic E-state index is 14.3. The van der Waals surface area contributed by atoms with Gasteiger partial charge in [-0.1, -0.05) is 19.4 Å². The molecule has 34 heavy (non-hydrogen) atoms. The third-order valence-corrected chi connectivity index (χ3v) is 8.35. The molecule has 1 saturated heterocycles. The second kappa shape index (κ2) is 10.5. The first-order valence-electron chi connectivity index (χ1n) is 12.8. The van der Waals surface area contributed by atoms with Crippen molar-refractivity contribution in [1.29, 1.82) is 10.7 Å². The van der Waals surface area contributed by atoms with Gasteiger partial charge in [-0.15, -0.1) is 0 Å². The van der Waals surface area contributed by atoms with Gasteiger partial charge in [0.2, 0.25) is 5.91 Å². The van der Waals surface area contributed by atoms with Crippen LogP contribution in [-0.4, -0.2) is 49.2 Å². The van der Waals surface area contributed by atoms with Crippen molar-refractivity contribution in [2.75, 3.05) is 26.4 Å². The number of benzene rings is 1. The highest BCUT2D eigenvalue weighted by Gasteiger charge is 2.54. The smallest absolute Gasteiger partial charge is 0.237 e. The Morgan fingerprint density at radius 3 is 2.74 bits per heavy atom. The second-order valence-corrected chi connectivity index (χ2v) is 10.3. The van der Waals surface area contributed by atoms with E-state index in [2.05, 4.69) is 13.0 Å². The average molecular weight is 467 g/mol. The van der Waals surface area contributed by atoms with Crippen molar-refractivity contribution < 1.29 is 14.3 Å². The maximum Gasteiger partial charge on any atom is 0.237 e. The monoisotopic (exact) mass is 466 g/mol. The Hall–Kier alpha value is -2.43. The molecular weight excluding hydrogens is 428 g/mol. The first kappa shape index (κ1) is 24.7. The van der Waals surface area contributed by atoms with Gasteiger partial charge >= 0.3 is 0 Å². The van der Waals surface area contributed by atoms with Crippen molar-refractivity contribution in [3.63, 3.8) is 0 Å². The van der Waals surface area contributed by atoms with Gasteiger partial charge in [-0.25, -0.2) is 0 Å². The van der Waals surface area contributed by atoms with Crippen molar-refractivity contribution in [2.24, 2.45) is 23.0 Å². The number of hydrogen-bond acceptors (Lipinski definition) is 5. The molecule has 2 fully saturated rings. The number of rotatable bonds is 6. The average Bonchev–Trinajstić information content (AvgIpc) is 3.16. The van der Waals surface area contributed by atoms with Gasteiger partial charge in [0, 0.05) is 26.4 Å². The zero-order valence-electron chi connectivity index (χ0n) is 20.5. The van der Waals surface area contributed by atoms with Crippen LogP contribution in [0, 0.1) is 34.0 Å². The van der Waals surface area contributed by atoms with Crippen LogP contribution in [0.5, 0.6) is 0 Å². The van der Waals surface area contributed by atoms with E-state index in [1.165, 1.54) is 4.90 Å². The lowest BCUT2D eigenvalue weighted by Crippen LogP contribution is -2.51. The number of carbonyl (C=O) groups excluding carboxylic acids is 1. The Morgan fingerprint density at radius 2 is 2.09 bits per heavy atom. The molecule has 1 spiro atoms. The summed E-state index contributed by atoms with van der Waals surface area (Å²) in [5, 5.41) is 17.8. The molecule has 1 heterocycles. The van der Waals surface area contributed by atoms with Gasteiger partial charge in [0.1, 0.15) is 0 Å². The Bertz CT molecular complexity index is 952. The molecule has 3 aliphatic rings. The summed E-state index contributed by atoms with van der Waals surface area (Å²) in [7, 11) is 0.